The second kappa shape index (κ2) is 8.74. The highest BCUT2D eigenvalue weighted by atomic mass is 32.2. The van der Waals surface area contributed by atoms with Crippen LogP contribution in [0.15, 0.2) is 0 Å². The molecule has 0 radical (unpaired) electrons. The minimum atomic E-state index is -4.54. The molecule has 0 spiro atoms. The molecule has 0 aromatic heterocycles. The fourth-order valence-electron chi connectivity index (χ4n) is 1.34. The first-order valence-corrected chi connectivity index (χ1v) is 10.0. The predicted molar refractivity (Wildman–Crippen MR) is 78.3 cm³/mol. The van der Waals surface area contributed by atoms with Crippen LogP contribution in [0.3, 0.4) is 0 Å². The Hall–Kier alpha value is -1.00. The lowest BCUT2D eigenvalue weighted by Gasteiger charge is -2.25. The molecule has 12 heteroatoms. The highest BCUT2D eigenvalue weighted by Gasteiger charge is 2.35. The fraction of sp³-hybridized carbons (Fsp3) is 0.818. The monoisotopic (exact) mass is 376 g/mol. The molecule has 0 aromatic carbocycles. The van der Waals surface area contributed by atoms with E-state index in [9.17, 15) is 22.6 Å². The Labute approximate surface area is 134 Å². The van der Waals surface area contributed by atoms with E-state index in [4.69, 9.17) is 19.1 Å². The number of rotatable bonds is 10. The number of ether oxygens (including phenoxy) is 2. The van der Waals surface area contributed by atoms with Gasteiger partial charge >= 0.3 is 19.5 Å². The molecule has 0 aromatic rings. The summed E-state index contributed by atoms with van der Waals surface area (Å²) < 4.78 is 49.8. The summed E-state index contributed by atoms with van der Waals surface area (Å²) in [7, 11) is -8.68. The Morgan fingerprint density at radius 2 is 1.78 bits per heavy atom. The predicted octanol–water partition coefficient (Wildman–Crippen LogP) is -0.0553. The Balaban J connectivity index is 4.44. The van der Waals surface area contributed by atoms with Crippen LogP contribution in [0.4, 0.5) is 0 Å². The number of carbonyl (C=O) groups is 2. The maximum atomic E-state index is 11.9. The van der Waals surface area contributed by atoms with Gasteiger partial charge in [0.15, 0.2) is 0 Å². The normalized spacial score (nSPS) is 14.8. The molecule has 0 amide bonds. The molecule has 3 N–H and O–H groups in total. The van der Waals surface area contributed by atoms with Crippen LogP contribution in [0.1, 0.15) is 26.7 Å². The highest BCUT2D eigenvalue weighted by molar-refractivity contribution is 7.85. The minimum absolute atomic E-state index is 0.0949. The molecule has 0 aliphatic carbocycles. The van der Waals surface area contributed by atoms with Crippen molar-refractivity contribution < 1.29 is 46.4 Å². The number of esters is 2. The molecular weight excluding hydrogens is 355 g/mol. The third kappa shape index (κ3) is 10.4. The molecule has 1 unspecified atom stereocenters. The third-order valence-corrected chi connectivity index (χ3v) is 4.41. The summed E-state index contributed by atoms with van der Waals surface area (Å²) >= 11 is 0. The summed E-state index contributed by atoms with van der Waals surface area (Å²) in [4.78, 5) is 40.5. The van der Waals surface area contributed by atoms with E-state index in [1.807, 2.05) is 0 Å². The number of hydrogen-bond donors (Lipinski definition) is 3. The van der Waals surface area contributed by atoms with E-state index in [0.29, 0.717) is 0 Å². The van der Waals surface area contributed by atoms with Gasteiger partial charge in [-0.3, -0.25) is 18.7 Å². The Kier molecular flexibility index (Phi) is 8.36. The topological polar surface area (TPSA) is 164 Å². The first kappa shape index (κ1) is 22.0. The lowest BCUT2D eigenvalue weighted by atomic mass is 9.89. The zero-order chi connectivity index (χ0) is 18.3. The molecule has 1 atom stereocenters. The molecule has 136 valence electrons. The van der Waals surface area contributed by atoms with Crippen molar-refractivity contribution in [2.24, 2.45) is 5.41 Å². The standard InChI is InChI=1S/C11H21O10PS/c1-3-11(2,8-21-9(12)7-22(14,15)16)10(13)20-5-4-6-23(17,18)19/h3-8H2,1-2H3,(H2,14,15,16)(H,17,18,19). The SMILES string of the molecule is CCC(C)(COC(=O)CP(=O)(O)O)C(=O)OCCCS(=O)(=O)O. The Morgan fingerprint density at radius 1 is 1.22 bits per heavy atom. The highest BCUT2D eigenvalue weighted by Crippen LogP contribution is 2.34. The quantitative estimate of drug-likeness (QED) is 0.204. The van der Waals surface area contributed by atoms with Gasteiger partial charge in [0, 0.05) is 0 Å². The van der Waals surface area contributed by atoms with Crippen LogP contribution in [0.5, 0.6) is 0 Å². The van der Waals surface area contributed by atoms with Gasteiger partial charge in [-0.05, 0) is 19.8 Å². The molecule has 0 heterocycles. The molecule has 0 rings (SSSR count). The van der Waals surface area contributed by atoms with Gasteiger partial charge in [-0.2, -0.15) is 8.42 Å². The first-order chi connectivity index (χ1) is 10.3. The smallest absolute Gasteiger partial charge is 0.336 e. The zero-order valence-corrected chi connectivity index (χ0v) is 14.5. The summed E-state index contributed by atoms with van der Waals surface area (Å²) in [5, 5.41) is 0. The van der Waals surface area contributed by atoms with Crippen LogP contribution in [0.25, 0.3) is 0 Å². The van der Waals surface area contributed by atoms with Gasteiger partial charge in [0.05, 0.1) is 17.8 Å². The van der Waals surface area contributed by atoms with Crippen LogP contribution in [-0.4, -0.2) is 59.8 Å². The van der Waals surface area contributed by atoms with E-state index < -0.39 is 53.6 Å². The van der Waals surface area contributed by atoms with Gasteiger partial charge in [0.2, 0.25) is 0 Å². The maximum absolute atomic E-state index is 11.9. The molecular formula is C11H21O10PS. The lowest BCUT2D eigenvalue weighted by molar-refractivity contribution is -0.162. The van der Waals surface area contributed by atoms with E-state index in [1.165, 1.54) is 6.92 Å². The molecule has 10 nitrogen and oxygen atoms in total. The van der Waals surface area contributed by atoms with E-state index in [1.54, 1.807) is 6.92 Å². The van der Waals surface area contributed by atoms with Crippen LogP contribution in [-0.2, 0) is 33.7 Å². The average Bonchev–Trinajstić information content (AvgIpc) is 2.37. The van der Waals surface area contributed by atoms with E-state index in [-0.39, 0.29) is 19.4 Å². The van der Waals surface area contributed by atoms with Crippen LogP contribution < -0.4 is 0 Å². The Morgan fingerprint density at radius 3 is 2.22 bits per heavy atom. The van der Waals surface area contributed by atoms with E-state index in [0.717, 1.165) is 0 Å². The number of hydrogen-bond acceptors (Lipinski definition) is 7. The average molecular weight is 376 g/mol. The van der Waals surface area contributed by atoms with Crippen molar-refractivity contribution in [1.82, 2.24) is 0 Å². The molecule has 23 heavy (non-hydrogen) atoms. The van der Waals surface area contributed by atoms with Crippen LogP contribution in [0, 0.1) is 5.41 Å². The van der Waals surface area contributed by atoms with Gasteiger partial charge in [-0.25, -0.2) is 0 Å². The van der Waals surface area contributed by atoms with Crippen molar-refractivity contribution in [3.8, 4) is 0 Å². The van der Waals surface area contributed by atoms with Crippen LogP contribution in [0.2, 0.25) is 0 Å². The Bertz CT molecular complexity index is 565. The van der Waals surface area contributed by atoms with Crippen molar-refractivity contribution >= 4 is 29.7 Å². The molecule has 0 fully saturated rings. The molecule has 0 aliphatic heterocycles. The summed E-state index contributed by atoms with van der Waals surface area (Å²) in [5.41, 5.74) is -1.23. The largest absolute Gasteiger partial charge is 0.465 e. The van der Waals surface area contributed by atoms with Crippen molar-refractivity contribution in [3.05, 3.63) is 0 Å². The van der Waals surface area contributed by atoms with Gasteiger partial charge in [0.1, 0.15) is 12.8 Å². The van der Waals surface area contributed by atoms with Gasteiger partial charge < -0.3 is 19.3 Å². The van der Waals surface area contributed by atoms with E-state index in [2.05, 4.69) is 4.74 Å². The second-order valence-electron chi connectivity index (χ2n) is 5.17. The van der Waals surface area contributed by atoms with Crippen molar-refractivity contribution in [1.29, 1.82) is 0 Å². The van der Waals surface area contributed by atoms with E-state index >= 15 is 0 Å². The molecule has 0 saturated heterocycles. The van der Waals surface area contributed by atoms with Gasteiger partial charge in [-0.1, -0.05) is 6.92 Å². The first-order valence-electron chi connectivity index (χ1n) is 6.61. The molecule has 0 aliphatic rings. The summed E-state index contributed by atoms with van der Waals surface area (Å²) in [6.07, 6.45) is -0.966. The summed E-state index contributed by atoms with van der Waals surface area (Å²) in [6, 6.07) is 0. The van der Waals surface area contributed by atoms with Crippen molar-refractivity contribution in [2.45, 2.75) is 26.7 Å². The van der Waals surface area contributed by atoms with Gasteiger partial charge in [0.25, 0.3) is 10.1 Å². The summed E-state index contributed by atoms with van der Waals surface area (Å²) in [5.74, 6) is -2.45. The van der Waals surface area contributed by atoms with Gasteiger partial charge in [-0.15, -0.1) is 0 Å². The fourth-order valence-corrected chi connectivity index (χ4v) is 2.25. The molecule has 0 saturated carbocycles. The third-order valence-electron chi connectivity index (χ3n) is 2.94. The van der Waals surface area contributed by atoms with Crippen molar-refractivity contribution in [3.63, 3.8) is 0 Å². The minimum Gasteiger partial charge on any atom is -0.465 e. The number of carbonyl (C=O) groups excluding carboxylic acids is 2. The lowest BCUT2D eigenvalue weighted by Crippen LogP contribution is -2.35. The van der Waals surface area contributed by atoms with Crippen LogP contribution >= 0.6 is 7.60 Å². The second-order valence-corrected chi connectivity index (χ2v) is 8.39. The van der Waals surface area contributed by atoms with Crippen molar-refractivity contribution in [2.75, 3.05) is 25.1 Å². The molecule has 0 bridgehead atoms. The zero-order valence-electron chi connectivity index (χ0n) is 12.8. The maximum Gasteiger partial charge on any atom is 0.336 e. The summed E-state index contributed by atoms with van der Waals surface area (Å²) in [6.45, 7) is 2.38.